The van der Waals surface area contributed by atoms with Gasteiger partial charge in [-0.1, -0.05) is 12.0 Å². The van der Waals surface area contributed by atoms with Gasteiger partial charge in [0.05, 0.1) is 0 Å². The lowest BCUT2D eigenvalue weighted by Gasteiger charge is -2.14. The number of fused-ring (bicyclic) bond motifs is 1. The molecule has 0 saturated heterocycles. The SMILES string of the molecule is O=C1C=C2CCCC2CCCC1. The van der Waals surface area contributed by atoms with Crippen LogP contribution >= 0.6 is 0 Å². The van der Waals surface area contributed by atoms with Gasteiger partial charge in [-0.25, -0.2) is 0 Å². The zero-order valence-electron chi connectivity index (χ0n) is 7.51. The van der Waals surface area contributed by atoms with Crippen LogP contribution < -0.4 is 0 Å². The molecule has 2 rings (SSSR count). The number of carbonyl (C=O) groups is 1. The van der Waals surface area contributed by atoms with E-state index in [1.165, 1.54) is 37.7 Å². The normalized spacial score (nSPS) is 30.5. The molecule has 66 valence electrons. The highest BCUT2D eigenvalue weighted by Crippen LogP contribution is 2.35. The highest BCUT2D eigenvalue weighted by Gasteiger charge is 2.22. The second kappa shape index (κ2) is 3.42. The van der Waals surface area contributed by atoms with E-state index in [1.54, 1.807) is 0 Å². The summed E-state index contributed by atoms with van der Waals surface area (Å²) in [4.78, 5) is 11.3. The fraction of sp³-hybridized carbons (Fsp3) is 0.727. The molecule has 0 radical (unpaired) electrons. The smallest absolute Gasteiger partial charge is 0.155 e. The molecule has 1 fully saturated rings. The van der Waals surface area contributed by atoms with Gasteiger partial charge in [-0.15, -0.1) is 0 Å². The maximum absolute atomic E-state index is 11.3. The molecule has 0 aromatic rings. The molecule has 0 heterocycles. The zero-order valence-corrected chi connectivity index (χ0v) is 7.51. The molecule has 1 atom stereocenters. The van der Waals surface area contributed by atoms with Crippen molar-refractivity contribution >= 4 is 5.78 Å². The van der Waals surface area contributed by atoms with Crippen molar-refractivity contribution in [1.82, 2.24) is 0 Å². The van der Waals surface area contributed by atoms with Crippen LogP contribution in [0.4, 0.5) is 0 Å². The van der Waals surface area contributed by atoms with Crippen LogP contribution in [0.3, 0.4) is 0 Å². The Morgan fingerprint density at radius 3 is 2.83 bits per heavy atom. The largest absolute Gasteiger partial charge is 0.295 e. The van der Waals surface area contributed by atoms with Crippen molar-refractivity contribution in [2.24, 2.45) is 5.92 Å². The molecule has 0 bridgehead atoms. The van der Waals surface area contributed by atoms with E-state index in [0.717, 1.165) is 18.8 Å². The summed E-state index contributed by atoms with van der Waals surface area (Å²) in [5, 5.41) is 0. The maximum Gasteiger partial charge on any atom is 0.155 e. The average molecular weight is 164 g/mol. The summed E-state index contributed by atoms with van der Waals surface area (Å²) in [5.74, 6) is 1.14. The van der Waals surface area contributed by atoms with Crippen molar-refractivity contribution in [2.75, 3.05) is 0 Å². The van der Waals surface area contributed by atoms with E-state index >= 15 is 0 Å². The van der Waals surface area contributed by atoms with E-state index in [4.69, 9.17) is 0 Å². The van der Waals surface area contributed by atoms with Gasteiger partial charge in [0.2, 0.25) is 0 Å². The lowest BCUT2D eigenvalue weighted by Crippen LogP contribution is -2.04. The Kier molecular flexibility index (Phi) is 2.29. The molecule has 2 aliphatic rings. The van der Waals surface area contributed by atoms with Crippen LogP contribution in [0.15, 0.2) is 11.6 Å². The van der Waals surface area contributed by atoms with Gasteiger partial charge in [0.25, 0.3) is 0 Å². The van der Waals surface area contributed by atoms with Gasteiger partial charge in [0, 0.05) is 6.42 Å². The highest BCUT2D eigenvalue weighted by atomic mass is 16.1. The first-order valence-electron chi connectivity index (χ1n) is 5.09. The van der Waals surface area contributed by atoms with Crippen molar-refractivity contribution in [1.29, 1.82) is 0 Å². The quantitative estimate of drug-likeness (QED) is 0.538. The zero-order chi connectivity index (χ0) is 8.39. The fourth-order valence-electron chi connectivity index (χ4n) is 2.43. The van der Waals surface area contributed by atoms with Gasteiger partial charge >= 0.3 is 0 Å². The van der Waals surface area contributed by atoms with Gasteiger partial charge < -0.3 is 0 Å². The summed E-state index contributed by atoms with van der Waals surface area (Å²) < 4.78 is 0. The number of hydrogen-bond acceptors (Lipinski definition) is 1. The van der Waals surface area contributed by atoms with Crippen molar-refractivity contribution in [3.63, 3.8) is 0 Å². The number of hydrogen-bond donors (Lipinski definition) is 0. The lowest BCUT2D eigenvalue weighted by molar-refractivity contribution is -0.114. The van der Waals surface area contributed by atoms with E-state index in [-0.39, 0.29) is 0 Å². The molecule has 2 aliphatic carbocycles. The Labute approximate surface area is 73.8 Å². The Morgan fingerprint density at radius 2 is 1.92 bits per heavy atom. The molecule has 0 aromatic heterocycles. The molecule has 0 aromatic carbocycles. The predicted molar refractivity (Wildman–Crippen MR) is 48.9 cm³/mol. The second-order valence-electron chi connectivity index (χ2n) is 4.02. The molecule has 1 saturated carbocycles. The summed E-state index contributed by atoms with van der Waals surface area (Å²) in [6.45, 7) is 0. The van der Waals surface area contributed by atoms with E-state index in [2.05, 4.69) is 0 Å². The van der Waals surface area contributed by atoms with Crippen molar-refractivity contribution in [3.8, 4) is 0 Å². The molecular weight excluding hydrogens is 148 g/mol. The Bertz CT molecular complexity index is 215. The molecule has 1 nitrogen and oxygen atoms in total. The second-order valence-corrected chi connectivity index (χ2v) is 4.02. The van der Waals surface area contributed by atoms with Gasteiger partial charge in [-0.3, -0.25) is 4.79 Å². The van der Waals surface area contributed by atoms with Gasteiger partial charge in [0.1, 0.15) is 0 Å². The highest BCUT2D eigenvalue weighted by molar-refractivity contribution is 5.90. The van der Waals surface area contributed by atoms with Crippen molar-refractivity contribution in [3.05, 3.63) is 11.6 Å². The average Bonchev–Trinajstić information content (AvgIpc) is 2.42. The van der Waals surface area contributed by atoms with Crippen LogP contribution in [0.5, 0.6) is 0 Å². The van der Waals surface area contributed by atoms with Crippen LogP contribution in [0, 0.1) is 5.92 Å². The van der Waals surface area contributed by atoms with E-state index in [9.17, 15) is 4.79 Å². The van der Waals surface area contributed by atoms with Gasteiger partial charge in [-0.05, 0) is 44.1 Å². The van der Waals surface area contributed by atoms with Crippen LogP contribution in [0.1, 0.15) is 44.9 Å². The van der Waals surface area contributed by atoms with Gasteiger partial charge in [-0.2, -0.15) is 0 Å². The Hall–Kier alpha value is -0.590. The summed E-state index contributed by atoms with van der Waals surface area (Å²) >= 11 is 0. The lowest BCUT2D eigenvalue weighted by atomic mass is 9.91. The third-order valence-corrected chi connectivity index (χ3v) is 3.11. The molecule has 1 unspecified atom stereocenters. The molecule has 12 heavy (non-hydrogen) atoms. The number of carbonyl (C=O) groups excluding carboxylic acids is 1. The Balaban J connectivity index is 2.15. The molecule has 0 amide bonds. The minimum Gasteiger partial charge on any atom is -0.295 e. The molecule has 0 aliphatic heterocycles. The van der Waals surface area contributed by atoms with Crippen LogP contribution in [-0.2, 0) is 4.79 Å². The fourth-order valence-corrected chi connectivity index (χ4v) is 2.43. The first-order chi connectivity index (χ1) is 5.86. The Morgan fingerprint density at radius 1 is 1.08 bits per heavy atom. The van der Waals surface area contributed by atoms with Crippen LogP contribution in [-0.4, -0.2) is 5.78 Å². The molecule has 0 N–H and O–H groups in total. The summed E-state index contributed by atoms with van der Waals surface area (Å²) in [6, 6.07) is 0. The van der Waals surface area contributed by atoms with E-state index in [1.807, 2.05) is 6.08 Å². The van der Waals surface area contributed by atoms with E-state index in [0.29, 0.717) is 5.78 Å². The summed E-state index contributed by atoms with van der Waals surface area (Å²) in [5.41, 5.74) is 1.46. The first kappa shape index (κ1) is 8.03. The molecular formula is C11H16O. The standard InChI is InChI=1S/C11H16O/c12-11-7-2-1-4-9-5-3-6-10(9)8-11/h8-9H,1-7H2. The predicted octanol–water partition coefficient (Wildman–Crippen LogP) is 2.86. The van der Waals surface area contributed by atoms with Crippen molar-refractivity contribution < 1.29 is 4.79 Å². The molecule has 0 spiro atoms. The van der Waals surface area contributed by atoms with E-state index < -0.39 is 0 Å². The minimum atomic E-state index is 0.372. The topological polar surface area (TPSA) is 17.1 Å². The number of rotatable bonds is 0. The van der Waals surface area contributed by atoms with Gasteiger partial charge in [0.15, 0.2) is 5.78 Å². The minimum absolute atomic E-state index is 0.372. The third kappa shape index (κ3) is 1.60. The number of ketones is 1. The van der Waals surface area contributed by atoms with Crippen LogP contribution in [0.2, 0.25) is 0 Å². The monoisotopic (exact) mass is 164 g/mol. The summed E-state index contributed by atoms with van der Waals surface area (Å²) in [6.07, 6.45) is 10.3. The number of allylic oxidation sites excluding steroid dienone is 2. The first-order valence-corrected chi connectivity index (χ1v) is 5.09. The van der Waals surface area contributed by atoms with Crippen molar-refractivity contribution in [2.45, 2.75) is 44.9 Å². The third-order valence-electron chi connectivity index (χ3n) is 3.11. The van der Waals surface area contributed by atoms with Crippen LogP contribution in [0.25, 0.3) is 0 Å². The maximum atomic E-state index is 11.3. The summed E-state index contributed by atoms with van der Waals surface area (Å²) in [7, 11) is 0. The molecule has 1 heteroatoms.